The third-order valence-electron chi connectivity index (χ3n) is 7.17. The van der Waals surface area contributed by atoms with Gasteiger partial charge in [-0.3, -0.25) is 4.79 Å². The molecule has 202 valence electrons. The molecule has 0 amide bonds. The summed E-state index contributed by atoms with van der Waals surface area (Å²) in [6, 6.07) is 14.3. The molecule has 0 bridgehead atoms. The van der Waals surface area contributed by atoms with Gasteiger partial charge in [0.05, 0.1) is 24.2 Å². The van der Waals surface area contributed by atoms with Gasteiger partial charge in [0, 0.05) is 49.4 Å². The van der Waals surface area contributed by atoms with Gasteiger partial charge in [-0.15, -0.1) is 0 Å². The van der Waals surface area contributed by atoms with E-state index in [0.717, 1.165) is 24.1 Å². The monoisotopic (exact) mass is 557 g/mol. The molecule has 0 atom stereocenters. The van der Waals surface area contributed by atoms with Crippen LogP contribution in [0.2, 0.25) is 5.02 Å². The predicted molar refractivity (Wildman–Crippen MR) is 150 cm³/mol. The number of benzene rings is 2. The van der Waals surface area contributed by atoms with Crippen LogP contribution in [-0.2, 0) is 15.8 Å². The average molecular weight is 558 g/mol. The van der Waals surface area contributed by atoms with E-state index in [0.29, 0.717) is 49.2 Å². The molecule has 38 heavy (non-hydrogen) atoms. The van der Waals surface area contributed by atoms with Crippen LogP contribution in [-0.4, -0.2) is 62.3 Å². The largest absolute Gasteiger partial charge is 0.486 e. The molecule has 2 aliphatic rings. The molecule has 3 aromatic rings. The molecule has 1 saturated heterocycles. The normalized spacial score (nSPS) is 17.3. The van der Waals surface area contributed by atoms with Crippen molar-refractivity contribution in [1.82, 2.24) is 14.1 Å². The highest BCUT2D eigenvalue weighted by Gasteiger charge is 2.39. The van der Waals surface area contributed by atoms with E-state index in [-0.39, 0.29) is 22.5 Å². The van der Waals surface area contributed by atoms with Crippen molar-refractivity contribution in [3.05, 3.63) is 75.7 Å². The Bertz CT molecular complexity index is 1480. The Labute approximate surface area is 228 Å². The van der Waals surface area contributed by atoms with E-state index >= 15 is 0 Å². The number of hydrogen-bond acceptors (Lipinski definition) is 7. The number of aromatic nitrogens is 2. The van der Waals surface area contributed by atoms with E-state index in [9.17, 15) is 13.2 Å². The van der Waals surface area contributed by atoms with Crippen LogP contribution in [0, 0.1) is 5.41 Å². The summed E-state index contributed by atoms with van der Waals surface area (Å²) in [7, 11) is -1.70. The first-order valence-corrected chi connectivity index (χ1v) is 14.7. The highest BCUT2D eigenvalue weighted by atomic mass is 35.5. The molecule has 0 spiro atoms. The summed E-state index contributed by atoms with van der Waals surface area (Å²) in [5.41, 5.74) is 2.44. The average Bonchev–Trinajstić information content (AvgIpc) is 3.65. The van der Waals surface area contributed by atoms with Gasteiger partial charge in [-0.05, 0) is 48.7 Å². The van der Waals surface area contributed by atoms with Crippen LogP contribution in [0.25, 0.3) is 5.69 Å². The molecule has 5 rings (SSSR count). The van der Waals surface area contributed by atoms with Crippen molar-refractivity contribution in [1.29, 1.82) is 0 Å². The lowest BCUT2D eigenvalue weighted by atomic mass is 10.2. The number of sulfonamides is 1. The molecule has 1 aromatic heterocycles. The third kappa shape index (κ3) is 5.82. The second kappa shape index (κ2) is 10.6. The maximum Gasteiger partial charge on any atom is 0.316 e. The van der Waals surface area contributed by atoms with Crippen LogP contribution < -0.4 is 20.5 Å². The molecule has 1 saturated carbocycles. The zero-order valence-corrected chi connectivity index (χ0v) is 23.1. The number of piperazine rings is 1. The van der Waals surface area contributed by atoms with Crippen LogP contribution in [0.5, 0.6) is 5.75 Å². The standard InChI is InChI=1S/C27H32ClN5O4S/c1-27(9-10-27)19-37-25-24(17-30-33(26(25)34)23-8-4-6-21(28)16-23)31-11-13-32(14-12-31)38(35,36)18-20-5-3-7-22(15-20)29-2/h3-8,15-17,29H,9-14,18-19H2,1-2H3. The minimum Gasteiger partial charge on any atom is -0.486 e. The Hall–Kier alpha value is -3.08. The molecule has 1 aliphatic carbocycles. The van der Waals surface area contributed by atoms with Gasteiger partial charge >= 0.3 is 5.56 Å². The van der Waals surface area contributed by atoms with Gasteiger partial charge in [0.15, 0.2) is 0 Å². The van der Waals surface area contributed by atoms with Gasteiger partial charge < -0.3 is 15.0 Å². The summed E-state index contributed by atoms with van der Waals surface area (Å²) < 4.78 is 35.3. The molecular weight excluding hydrogens is 526 g/mol. The summed E-state index contributed by atoms with van der Waals surface area (Å²) in [5, 5.41) is 7.95. The highest BCUT2D eigenvalue weighted by molar-refractivity contribution is 7.88. The maximum atomic E-state index is 13.6. The van der Waals surface area contributed by atoms with E-state index in [1.54, 1.807) is 37.5 Å². The van der Waals surface area contributed by atoms with Crippen molar-refractivity contribution < 1.29 is 13.2 Å². The smallest absolute Gasteiger partial charge is 0.316 e. The lowest BCUT2D eigenvalue weighted by molar-refractivity contribution is 0.242. The predicted octanol–water partition coefficient (Wildman–Crippen LogP) is 3.76. The number of rotatable bonds is 9. The van der Waals surface area contributed by atoms with Gasteiger partial charge in [0.2, 0.25) is 15.8 Å². The van der Waals surface area contributed by atoms with Crippen LogP contribution in [0.3, 0.4) is 0 Å². The molecule has 9 nitrogen and oxygen atoms in total. The molecule has 2 heterocycles. The van der Waals surface area contributed by atoms with Crippen molar-refractivity contribution >= 4 is 33.0 Å². The van der Waals surface area contributed by atoms with E-state index in [1.165, 1.54) is 8.99 Å². The number of anilines is 2. The van der Waals surface area contributed by atoms with Crippen LogP contribution in [0.1, 0.15) is 25.3 Å². The van der Waals surface area contributed by atoms with E-state index in [1.807, 2.05) is 29.2 Å². The van der Waals surface area contributed by atoms with Crippen molar-refractivity contribution in [3.8, 4) is 11.4 Å². The van der Waals surface area contributed by atoms with Gasteiger partial charge in [-0.2, -0.15) is 14.1 Å². The third-order valence-corrected chi connectivity index (χ3v) is 9.26. The molecule has 0 radical (unpaired) electrons. The second-order valence-electron chi connectivity index (χ2n) is 10.2. The lowest BCUT2D eigenvalue weighted by Crippen LogP contribution is -2.49. The first-order chi connectivity index (χ1) is 18.2. The maximum absolute atomic E-state index is 13.6. The fourth-order valence-corrected chi connectivity index (χ4v) is 6.20. The van der Waals surface area contributed by atoms with E-state index in [2.05, 4.69) is 17.3 Å². The Morgan fingerprint density at radius 3 is 2.50 bits per heavy atom. The van der Waals surface area contributed by atoms with Gasteiger partial charge in [-0.1, -0.05) is 36.7 Å². The van der Waals surface area contributed by atoms with Crippen molar-refractivity contribution in [2.45, 2.75) is 25.5 Å². The number of nitrogens with zero attached hydrogens (tertiary/aromatic N) is 4. The summed E-state index contributed by atoms with van der Waals surface area (Å²) in [4.78, 5) is 15.5. The fourth-order valence-electron chi connectivity index (χ4n) is 4.51. The summed E-state index contributed by atoms with van der Waals surface area (Å²) in [5.74, 6) is 0.167. The molecule has 2 fully saturated rings. The van der Waals surface area contributed by atoms with E-state index < -0.39 is 10.0 Å². The minimum absolute atomic E-state index is 0.0628. The molecule has 1 N–H and O–H groups in total. The summed E-state index contributed by atoms with van der Waals surface area (Å²) in [6.07, 6.45) is 3.74. The molecule has 0 unspecified atom stereocenters. The quantitative estimate of drug-likeness (QED) is 0.428. The van der Waals surface area contributed by atoms with E-state index in [4.69, 9.17) is 16.3 Å². The van der Waals surface area contributed by atoms with Crippen molar-refractivity contribution in [2.24, 2.45) is 5.41 Å². The lowest BCUT2D eigenvalue weighted by Gasteiger charge is -2.35. The Kier molecular flexibility index (Phi) is 7.39. The zero-order valence-electron chi connectivity index (χ0n) is 21.6. The van der Waals surface area contributed by atoms with Gasteiger partial charge in [0.25, 0.3) is 0 Å². The Morgan fingerprint density at radius 2 is 1.82 bits per heavy atom. The highest BCUT2D eigenvalue weighted by Crippen LogP contribution is 2.45. The number of ether oxygens (including phenoxy) is 1. The zero-order chi connectivity index (χ0) is 26.9. The Balaban J connectivity index is 1.36. The molecule has 2 aromatic carbocycles. The SMILES string of the molecule is CNc1cccc(CS(=O)(=O)N2CCN(c3cnn(-c4cccc(Cl)c4)c(=O)c3OCC3(C)CC3)CC2)c1. The van der Waals surface area contributed by atoms with Gasteiger partial charge in [0.1, 0.15) is 5.69 Å². The topological polar surface area (TPSA) is 96.8 Å². The summed E-state index contributed by atoms with van der Waals surface area (Å²) in [6.45, 7) is 4.04. The number of nitrogens with one attached hydrogen (secondary N) is 1. The summed E-state index contributed by atoms with van der Waals surface area (Å²) >= 11 is 6.15. The minimum atomic E-state index is -3.50. The Morgan fingerprint density at radius 1 is 1.08 bits per heavy atom. The molecule has 1 aliphatic heterocycles. The van der Waals surface area contributed by atoms with Crippen LogP contribution in [0.15, 0.2) is 59.5 Å². The number of hydrogen-bond donors (Lipinski definition) is 1. The fraction of sp³-hybridized carbons (Fsp3) is 0.407. The first kappa shape index (κ1) is 26.5. The molecule has 11 heteroatoms. The van der Waals surface area contributed by atoms with Crippen LogP contribution in [0.4, 0.5) is 11.4 Å². The second-order valence-corrected chi connectivity index (χ2v) is 12.7. The first-order valence-electron chi connectivity index (χ1n) is 12.7. The van der Waals surface area contributed by atoms with Gasteiger partial charge in [-0.25, -0.2) is 8.42 Å². The molecular formula is C27H32ClN5O4S. The van der Waals surface area contributed by atoms with Crippen LogP contribution >= 0.6 is 11.6 Å². The van der Waals surface area contributed by atoms with Crippen molar-refractivity contribution in [3.63, 3.8) is 0 Å². The van der Waals surface area contributed by atoms with Crippen molar-refractivity contribution in [2.75, 3.05) is 50.1 Å². The number of halogens is 1.